The van der Waals surface area contributed by atoms with Crippen LogP contribution in [-0.2, 0) is 19.7 Å². The third kappa shape index (κ3) is 1.75. The van der Waals surface area contributed by atoms with E-state index in [0.29, 0.717) is 12.8 Å². The highest BCUT2D eigenvalue weighted by molar-refractivity contribution is 5.93. The van der Waals surface area contributed by atoms with E-state index >= 15 is 0 Å². The number of ether oxygens (including phenoxy) is 2. The van der Waals surface area contributed by atoms with Gasteiger partial charge in [-0.15, -0.1) is 0 Å². The van der Waals surface area contributed by atoms with Crippen LogP contribution >= 0.6 is 0 Å². The molecule has 0 amide bonds. The Bertz CT molecular complexity index is 883. The molecule has 27 heavy (non-hydrogen) atoms. The zero-order valence-corrected chi connectivity index (χ0v) is 15.4. The van der Waals surface area contributed by atoms with Gasteiger partial charge in [0.25, 0.3) is 0 Å². The second-order valence-electron chi connectivity index (χ2n) is 8.66. The quantitative estimate of drug-likeness (QED) is 0.736. The smallest absolute Gasteiger partial charge is 0.335 e. The second kappa shape index (κ2) is 5.13. The lowest BCUT2D eigenvalue weighted by molar-refractivity contribution is -0.138. The number of hydrogen-bond donors (Lipinski definition) is 2. The molecule has 5 atom stereocenters. The maximum Gasteiger partial charge on any atom is 0.335 e. The van der Waals surface area contributed by atoms with Crippen molar-refractivity contribution in [3.05, 3.63) is 41.1 Å². The minimum Gasteiger partial charge on any atom is -0.466 e. The highest BCUT2D eigenvalue weighted by Crippen LogP contribution is 2.67. The molecule has 1 aliphatic carbocycles. The van der Waals surface area contributed by atoms with E-state index < -0.39 is 6.29 Å². The van der Waals surface area contributed by atoms with Gasteiger partial charge in [0.15, 0.2) is 6.29 Å². The van der Waals surface area contributed by atoms with Crippen LogP contribution in [0.5, 0.6) is 0 Å². The van der Waals surface area contributed by atoms with E-state index in [0.717, 1.165) is 42.9 Å². The van der Waals surface area contributed by atoms with E-state index in [4.69, 9.17) is 9.47 Å². The highest BCUT2D eigenvalue weighted by Gasteiger charge is 2.71. The van der Waals surface area contributed by atoms with Gasteiger partial charge in [-0.3, -0.25) is 4.90 Å². The number of esters is 1. The number of rotatable bonds is 1. The molecule has 0 aromatic heterocycles. The lowest BCUT2D eigenvalue weighted by atomic mass is 9.53. The number of fused-ring (bicyclic) bond motifs is 1. The summed E-state index contributed by atoms with van der Waals surface area (Å²) in [5, 5.41) is 14.0. The second-order valence-corrected chi connectivity index (χ2v) is 8.66. The predicted octanol–water partition coefficient (Wildman–Crippen LogP) is 1.75. The largest absolute Gasteiger partial charge is 0.466 e. The number of nitrogens with one attached hydrogen (secondary N) is 1. The Hall–Kier alpha value is -1.89. The molecule has 6 nitrogen and oxygen atoms in total. The number of aliphatic hydroxyl groups excluding tert-OH is 1. The zero-order valence-electron chi connectivity index (χ0n) is 15.4. The first kappa shape index (κ1) is 16.1. The Balaban J connectivity index is 1.65. The lowest BCUT2D eigenvalue weighted by Gasteiger charge is -2.56. The van der Waals surface area contributed by atoms with Crippen LogP contribution < -0.4 is 5.32 Å². The summed E-state index contributed by atoms with van der Waals surface area (Å²) in [5.41, 5.74) is 3.63. The van der Waals surface area contributed by atoms with Crippen LogP contribution in [0.1, 0.15) is 31.2 Å². The van der Waals surface area contributed by atoms with E-state index in [1.165, 1.54) is 12.7 Å². The summed E-state index contributed by atoms with van der Waals surface area (Å²) in [5.74, 6) is -0.262. The molecule has 3 fully saturated rings. The Morgan fingerprint density at radius 1 is 1.37 bits per heavy atom. The first-order valence-corrected chi connectivity index (χ1v) is 9.86. The molecule has 0 bridgehead atoms. The summed E-state index contributed by atoms with van der Waals surface area (Å²) in [6.45, 7) is 1.98. The third-order valence-electron chi connectivity index (χ3n) is 7.72. The van der Waals surface area contributed by atoms with Crippen molar-refractivity contribution in [2.24, 2.45) is 5.41 Å². The summed E-state index contributed by atoms with van der Waals surface area (Å²) in [6.07, 6.45) is 2.29. The van der Waals surface area contributed by atoms with E-state index in [1.54, 1.807) is 0 Å². The molecule has 6 rings (SSSR count). The molecule has 0 radical (unpaired) electrons. The molecule has 1 aromatic rings. The van der Waals surface area contributed by atoms with E-state index in [2.05, 4.69) is 28.4 Å². The fourth-order valence-electron chi connectivity index (χ4n) is 7.00. The molecule has 3 saturated heterocycles. The van der Waals surface area contributed by atoms with Crippen molar-refractivity contribution in [3.63, 3.8) is 0 Å². The molecule has 5 aliphatic rings. The van der Waals surface area contributed by atoms with E-state index in [1.807, 2.05) is 6.07 Å². The third-order valence-corrected chi connectivity index (χ3v) is 7.72. The van der Waals surface area contributed by atoms with Crippen LogP contribution in [-0.4, -0.2) is 54.6 Å². The number of benzene rings is 1. The van der Waals surface area contributed by atoms with Crippen LogP contribution in [0.15, 0.2) is 35.5 Å². The molecule has 2 N–H and O–H groups in total. The van der Waals surface area contributed by atoms with Gasteiger partial charge >= 0.3 is 5.97 Å². The summed E-state index contributed by atoms with van der Waals surface area (Å²) >= 11 is 0. The summed E-state index contributed by atoms with van der Waals surface area (Å²) in [4.78, 5) is 15.4. The van der Waals surface area contributed by atoms with Gasteiger partial charge in [0.1, 0.15) is 0 Å². The average Bonchev–Trinajstić information content (AvgIpc) is 3.33. The normalized spacial score (nSPS) is 41.5. The topological polar surface area (TPSA) is 71.0 Å². The molecule has 4 heterocycles. The first-order chi connectivity index (χ1) is 13.1. The molecular weight excluding hydrogens is 344 g/mol. The van der Waals surface area contributed by atoms with Gasteiger partial charge in [-0.2, -0.15) is 0 Å². The average molecular weight is 368 g/mol. The van der Waals surface area contributed by atoms with Gasteiger partial charge in [-0.25, -0.2) is 4.79 Å². The Kier molecular flexibility index (Phi) is 3.06. The van der Waals surface area contributed by atoms with E-state index in [9.17, 15) is 9.90 Å². The zero-order chi connectivity index (χ0) is 18.4. The van der Waals surface area contributed by atoms with Crippen molar-refractivity contribution >= 4 is 11.7 Å². The van der Waals surface area contributed by atoms with Crippen molar-refractivity contribution in [1.29, 1.82) is 0 Å². The van der Waals surface area contributed by atoms with Crippen LogP contribution in [0.3, 0.4) is 0 Å². The number of carbonyl (C=O) groups is 1. The van der Waals surface area contributed by atoms with Gasteiger partial charge in [0.05, 0.1) is 24.2 Å². The molecule has 4 aliphatic heterocycles. The number of anilines is 1. The van der Waals surface area contributed by atoms with Gasteiger partial charge in [-0.1, -0.05) is 18.2 Å². The fourth-order valence-corrected chi connectivity index (χ4v) is 7.00. The Morgan fingerprint density at radius 3 is 3.07 bits per heavy atom. The summed E-state index contributed by atoms with van der Waals surface area (Å²) in [6, 6.07) is 8.65. The number of aliphatic hydroxyl groups is 1. The first-order valence-electron chi connectivity index (χ1n) is 9.86. The fraction of sp³-hybridized carbons (Fsp3) is 0.571. The Morgan fingerprint density at radius 2 is 2.22 bits per heavy atom. The molecule has 6 heteroatoms. The standard InChI is InChI=1S/C21H24N2O4/c1-26-18(25)12-10-20-11-16(24)27-15(20)6-8-23-9-7-21(19(20)23)13-4-2-3-5-14(13)22-17(12)21/h2-5,15-16,19,22,24H,6-11H2,1H3/t15-,16+,19-,20-,21-/m0/s1. The number of methoxy groups -OCH3 is 1. The number of para-hydroxylation sites is 1. The van der Waals surface area contributed by atoms with Crippen LogP contribution in [0, 0.1) is 5.41 Å². The monoisotopic (exact) mass is 368 g/mol. The minimum atomic E-state index is -0.752. The van der Waals surface area contributed by atoms with Crippen molar-refractivity contribution in [3.8, 4) is 0 Å². The lowest BCUT2D eigenvalue weighted by Crippen LogP contribution is -2.63. The molecule has 0 saturated carbocycles. The maximum atomic E-state index is 12.8. The van der Waals surface area contributed by atoms with Gasteiger partial charge in [-0.05, 0) is 37.4 Å². The molecular formula is C21H24N2O4. The molecule has 0 unspecified atom stereocenters. The highest BCUT2D eigenvalue weighted by atomic mass is 16.6. The Labute approximate surface area is 158 Å². The number of nitrogens with zero attached hydrogens (tertiary/aromatic N) is 1. The van der Waals surface area contributed by atoms with E-state index in [-0.39, 0.29) is 28.9 Å². The SMILES string of the molecule is COC(=O)C1=C2Nc3ccccc3[C@@]23CCN2CC[C@@H]4O[C@@H](O)C[C@]4(C1)[C@H]23. The number of piperidine rings is 1. The van der Waals surface area contributed by atoms with Crippen LogP contribution in [0.2, 0.25) is 0 Å². The number of hydrogen-bond acceptors (Lipinski definition) is 6. The van der Waals surface area contributed by atoms with Crippen molar-refractivity contribution < 1.29 is 19.4 Å². The van der Waals surface area contributed by atoms with Crippen molar-refractivity contribution in [2.45, 2.75) is 49.5 Å². The predicted molar refractivity (Wildman–Crippen MR) is 97.9 cm³/mol. The van der Waals surface area contributed by atoms with Crippen LogP contribution in [0.25, 0.3) is 0 Å². The summed E-state index contributed by atoms with van der Waals surface area (Å²) < 4.78 is 11.2. The number of carbonyl (C=O) groups excluding carboxylic acids is 1. The van der Waals surface area contributed by atoms with Crippen molar-refractivity contribution in [1.82, 2.24) is 4.90 Å². The van der Waals surface area contributed by atoms with Gasteiger partial charge < -0.3 is 19.9 Å². The maximum absolute atomic E-state index is 12.8. The van der Waals surface area contributed by atoms with Crippen molar-refractivity contribution in [2.75, 3.05) is 25.5 Å². The van der Waals surface area contributed by atoms with Crippen LogP contribution in [0.4, 0.5) is 5.69 Å². The van der Waals surface area contributed by atoms with Gasteiger partial charge in [0, 0.05) is 35.8 Å². The van der Waals surface area contributed by atoms with Gasteiger partial charge in [0.2, 0.25) is 0 Å². The minimum absolute atomic E-state index is 0.0160. The molecule has 1 aromatic carbocycles. The summed E-state index contributed by atoms with van der Waals surface area (Å²) in [7, 11) is 1.45. The molecule has 2 spiro atoms. The molecule has 142 valence electrons.